The summed E-state index contributed by atoms with van der Waals surface area (Å²) in [5.74, 6) is -0.622. The molecule has 1 fully saturated rings. The van der Waals surface area contributed by atoms with Gasteiger partial charge in [0, 0.05) is 5.92 Å². The molecule has 0 N–H and O–H groups in total. The topological polar surface area (TPSA) is 81.7 Å². The Morgan fingerprint density at radius 3 is 2.08 bits per heavy atom. The van der Waals surface area contributed by atoms with Gasteiger partial charge in [-0.3, -0.25) is 0 Å². The Balaban J connectivity index is 2.07. The van der Waals surface area contributed by atoms with Crippen molar-refractivity contribution < 1.29 is 8.42 Å². The number of nitriles is 2. The van der Waals surface area contributed by atoms with E-state index in [9.17, 15) is 18.9 Å². The molecule has 1 saturated carbocycles. The van der Waals surface area contributed by atoms with Gasteiger partial charge in [0.2, 0.25) is 0 Å². The van der Waals surface area contributed by atoms with Crippen molar-refractivity contribution in [2.45, 2.75) is 29.4 Å². The molecular weight excluding hydrogens is 320 g/mol. The number of rotatable bonds is 4. The first-order valence-corrected chi connectivity index (χ1v) is 9.26. The Kier molecular flexibility index (Phi) is 3.91. The first-order chi connectivity index (χ1) is 11.5. The van der Waals surface area contributed by atoms with Gasteiger partial charge in [-0.15, -0.1) is 0 Å². The van der Waals surface area contributed by atoms with Crippen molar-refractivity contribution in [3.63, 3.8) is 0 Å². The van der Waals surface area contributed by atoms with Crippen LogP contribution >= 0.6 is 0 Å². The van der Waals surface area contributed by atoms with Gasteiger partial charge in [-0.25, -0.2) is 8.42 Å². The van der Waals surface area contributed by atoms with Gasteiger partial charge in [0.25, 0.3) is 0 Å². The molecular formula is C19H16N2O2S. The highest BCUT2D eigenvalue weighted by molar-refractivity contribution is 7.92. The Morgan fingerprint density at radius 2 is 1.58 bits per heavy atom. The number of hydrogen-bond acceptors (Lipinski definition) is 4. The summed E-state index contributed by atoms with van der Waals surface area (Å²) in [7, 11) is -3.76. The lowest BCUT2D eigenvalue weighted by molar-refractivity contribution is 0.591. The minimum absolute atomic E-state index is 0.151. The second-order valence-electron chi connectivity index (χ2n) is 5.94. The van der Waals surface area contributed by atoms with Crippen LogP contribution in [0.4, 0.5) is 0 Å². The van der Waals surface area contributed by atoms with E-state index in [0.29, 0.717) is 0 Å². The third-order valence-electron chi connectivity index (χ3n) is 4.66. The summed E-state index contributed by atoms with van der Waals surface area (Å²) in [4.78, 5) is 0.151. The molecule has 0 heterocycles. The van der Waals surface area contributed by atoms with Gasteiger partial charge in [0.1, 0.15) is 5.25 Å². The largest absolute Gasteiger partial charge is 0.223 e. The van der Waals surface area contributed by atoms with Crippen LogP contribution in [0, 0.1) is 28.1 Å². The normalized spacial score (nSPS) is 21.5. The first kappa shape index (κ1) is 16.2. The Bertz CT molecular complexity index is 922. The van der Waals surface area contributed by atoms with Crippen LogP contribution < -0.4 is 0 Å². The molecule has 3 rings (SSSR count). The molecule has 2 aromatic carbocycles. The third kappa shape index (κ3) is 2.29. The average molecular weight is 336 g/mol. The first-order valence-electron chi connectivity index (χ1n) is 7.71. The summed E-state index contributed by atoms with van der Waals surface area (Å²) in [6, 6.07) is 19.4. The van der Waals surface area contributed by atoms with Gasteiger partial charge >= 0.3 is 0 Å². The Hall–Kier alpha value is -2.63. The van der Waals surface area contributed by atoms with Crippen molar-refractivity contribution in [2.75, 3.05) is 0 Å². The van der Waals surface area contributed by atoms with Crippen LogP contribution in [-0.4, -0.2) is 13.7 Å². The van der Waals surface area contributed by atoms with Crippen molar-refractivity contribution in [3.05, 3.63) is 65.7 Å². The number of benzene rings is 2. The highest BCUT2D eigenvalue weighted by atomic mass is 32.2. The fourth-order valence-corrected chi connectivity index (χ4v) is 5.45. The standard InChI is InChI=1S/C19H16N2O2S/c1-2-14-8-10-15(11-9-14)17-18(19(17,12-20)13-21)24(22,23)16-6-4-3-5-7-16/h3-11,17-18H,2H2,1H3/t17-,18+/m1/s1. The van der Waals surface area contributed by atoms with E-state index in [2.05, 4.69) is 0 Å². The predicted molar refractivity (Wildman–Crippen MR) is 89.6 cm³/mol. The van der Waals surface area contributed by atoms with E-state index in [1.807, 2.05) is 43.3 Å². The lowest BCUT2D eigenvalue weighted by Gasteiger charge is -2.04. The molecule has 0 bridgehead atoms. The van der Waals surface area contributed by atoms with Gasteiger partial charge in [0.05, 0.1) is 17.0 Å². The highest BCUT2D eigenvalue weighted by Crippen LogP contribution is 2.63. The lowest BCUT2D eigenvalue weighted by atomic mass is 10.0. The summed E-state index contributed by atoms with van der Waals surface area (Å²) in [5, 5.41) is 18.0. The summed E-state index contributed by atoms with van der Waals surface area (Å²) in [6.07, 6.45) is 0.873. The molecule has 0 aliphatic heterocycles. The number of aryl methyl sites for hydroxylation is 1. The maximum atomic E-state index is 12.9. The third-order valence-corrected chi connectivity index (χ3v) is 6.90. The molecule has 0 saturated heterocycles. The maximum Gasteiger partial charge on any atom is 0.184 e. The minimum atomic E-state index is -3.76. The molecule has 1 aliphatic rings. The Morgan fingerprint density at radius 1 is 1.00 bits per heavy atom. The number of hydrogen-bond donors (Lipinski definition) is 0. The Labute approximate surface area is 141 Å². The molecule has 2 atom stereocenters. The molecule has 0 radical (unpaired) electrons. The molecule has 5 heteroatoms. The zero-order valence-corrected chi connectivity index (χ0v) is 14.0. The average Bonchev–Trinajstić information content (AvgIpc) is 3.33. The van der Waals surface area contributed by atoms with Crippen LogP contribution in [0.3, 0.4) is 0 Å². The van der Waals surface area contributed by atoms with Crippen LogP contribution in [-0.2, 0) is 16.3 Å². The quantitative estimate of drug-likeness (QED) is 0.858. The van der Waals surface area contributed by atoms with Crippen molar-refractivity contribution in [2.24, 2.45) is 5.41 Å². The SMILES string of the molecule is CCc1ccc([C@@H]2[C@H](S(=O)(=O)c3ccccc3)C2(C#N)C#N)cc1. The fourth-order valence-electron chi connectivity index (χ4n) is 3.23. The zero-order valence-electron chi connectivity index (χ0n) is 13.2. The second kappa shape index (κ2) is 5.78. The number of sulfone groups is 1. The monoisotopic (exact) mass is 336 g/mol. The van der Waals surface area contributed by atoms with Crippen molar-refractivity contribution in [1.29, 1.82) is 10.5 Å². The van der Waals surface area contributed by atoms with E-state index < -0.39 is 26.4 Å². The number of nitrogens with zero attached hydrogens (tertiary/aromatic N) is 2. The lowest BCUT2D eigenvalue weighted by Crippen LogP contribution is -2.14. The minimum Gasteiger partial charge on any atom is -0.223 e. The van der Waals surface area contributed by atoms with Crippen molar-refractivity contribution in [1.82, 2.24) is 0 Å². The molecule has 120 valence electrons. The van der Waals surface area contributed by atoms with Gasteiger partial charge in [-0.1, -0.05) is 49.4 Å². The smallest absolute Gasteiger partial charge is 0.184 e. The van der Waals surface area contributed by atoms with Gasteiger partial charge in [0.15, 0.2) is 15.3 Å². The van der Waals surface area contributed by atoms with E-state index in [0.717, 1.165) is 17.5 Å². The molecule has 0 spiro atoms. The molecule has 0 unspecified atom stereocenters. The fraction of sp³-hybridized carbons (Fsp3) is 0.263. The van der Waals surface area contributed by atoms with E-state index in [-0.39, 0.29) is 4.90 Å². The summed E-state index contributed by atoms with van der Waals surface area (Å²) in [5.41, 5.74) is 0.323. The second-order valence-corrected chi connectivity index (χ2v) is 8.01. The van der Waals surface area contributed by atoms with Crippen LogP contribution in [0.5, 0.6) is 0 Å². The van der Waals surface area contributed by atoms with Crippen LogP contribution in [0.1, 0.15) is 24.0 Å². The van der Waals surface area contributed by atoms with E-state index in [4.69, 9.17) is 0 Å². The van der Waals surface area contributed by atoms with E-state index in [1.165, 1.54) is 12.1 Å². The van der Waals surface area contributed by atoms with Crippen LogP contribution in [0.15, 0.2) is 59.5 Å². The molecule has 2 aromatic rings. The maximum absolute atomic E-state index is 12.9. The predicted octanol–water partition coefficient (Wildman–Crippen LogP) is 3.22. The van der Waals surface area contributed by atoms with Crippen LogP contribution in [0.2, 0.25) is 0 Å². The van der Waals surface area contributed by atoms with Gasteiger partial charge < -0.3 is 0 Å². The van der Waals surface area contributed by atoms with Crippen molar-refractivity contribution >= 4 is 9.84 Å². The molecule has 1 aliphatic carbocycles. The van der Waals surface area contributed by atoms with Crippen molar-refractivity contribution in [3.8, 4) is 12.1 Å². The molecule has 0 aromatic heterocycles. The van der Waals surface area contributed by atoms with E-state index >= 15 is 0 Å². The van der Waals surface area contributed by atoms with Crippen LogP contribution in [0.25, 0.3) is 0 Å². The zero-order chi connectivity index (χ0) is 17.4. The summed E-state index contributed by atoms with van der Waals surface area (Å²) < 4.78 is 25.9. The summed E-state index contributed by atoms with van der Waals surface area (Å²) >= 11 is 0. The molecule has 0 amide bonds. The highest BCUT2D eigenvalue weighted by Gasteiger charge is 2.73. The molecule has 4 nitrogen and oxygen atoms in total. The van der Waals surface area contributed by atoms with Gasteiger partial charge in [-0.05, 0) is 29.7 Å². The van der Waals surface area contributed by atoms with E-state index in [1.54, 1.807) is 18.2 Å². The van der Waals surface area contributed by atoms with Gasteiger partial charge in [-0.2, -0.15) is 10.5 Å². The summed E-state index contributed by atoms with van der Waals surface area (Å²) in [6.45, 7) is 2.03. The molecule has 24 heavy (non-hydrogen) atoms.